The summed E-state index contributed by atoms with van der Waals surface area (Å²) in [6, 6.07) is 0. The van der Waals surface area contributed by atoms with E-state index in [9.17, 15) is 4.79 Å². The number of esters is 1. The van der Waals surface area contributed by atoms with Crippen LogP contribution in [0.25, 0.3) is 0 Å². The van der Waals surface area contributed by atoms with Crippen molar-refractivity contribution in [2.24, 2.45) is 22.7 Å². The van der Waals surface area contributed by atoms with Crippen LogP contribution in [-0.2, 0) is 9.53 Å². The maximum Gasteiger partial charge on any atom is 0.330 e. The minimum Gasteiger partial charge on any atom is -0.456 e. The number of hydrogen-bond donors (Lipinski definition) is 0. The van der Waals surface area contributed by atoms with Gasteiger partial charge in [-0.15, -0.1) is 0 Å². The fraction of sp³-hybridized carbons (Fsp3) is 0.842. The van der Waals surface area contributed by atoms with Gasteiger partial charge in [0.25, 0.3) is 0 Å². The van der Waals surface area contributed by atoms with Crippen LogP contribution >= 0.6 is 0 Å². The quantitative estimate of drug-likeness (QED) is 0.547. The summed E-state index contributed by atoms with van der Waals surface area (Å²) in [5.74, 6) is 1.11. The minimum absolute atomic E-state index is 0.218. The molecule has 3 aliphatic rings. The molecule has 3 aliphatic carbocycles. The van der Waals surface area contributed by atoms with Crippen molar-refractivity contribution in [3.8, 4) is 0 Å². The number of fused-ring (bicyclic) bond motifs is 2. The maximum atomic E-state index is 12.0. The maximum absolute atomic E-state index is 12.0. The molecule has 21 heavy (non-hydrogen) atoms. The van der Waals surface area contributed by atoms with Gasteiger partial charge >= 0.3 is 5.97 Å². The standard InChI is InChI=1S/C19H30O2/c1-5-16(20)21-19(10-7-6-8-11-19)15-13-14-9-12-18(15,4)17(14,2)3/h5,14-15H,1,6-13H2,2-4H3. The molecule has 3 saturated carbocycles. The van der Waals surface area contributed by atoms with Gasteiger partial charge in [-0.1, -0.05) is 33.8 Å². The Balaban J connectivity index is 1.94. The first-order chi connectivity index (χ1) is 9.86. The predicted octanol–water partition coefficient (Wildman–Crippen LogP) is 4.88. The molecule has 3 fully saturated rings. The molecule has 2 heteroatoms. The molecular formula is C19H30O2. The lowest BCUT2D eigenvalue weighted by Crippen LogP contribution is -2.51. The minimum atomic E-state index is -0.221. The molecule has 2 bridgehead atoms. The van der Waals surface area contributed by atoms with E-state index in [1.165, 1.54) is 44.6 Å². The first-order valence-corrected chi connectivity index (χ1v) is 8.71. The van der Waals surface area contributed by atoms with Gasteiger partial charge in [-0.2, -0.15) is 0 Å². The van der Waals surface area contributed by atoms with E-state index in [0.29, 0.717) is 16.7 Å². The summed E-state index contributed by atoms with van der Waals surface area (Å²) in [6.07, 6.45) is 11.0. The fourth-order valence-corrected chi connectivity index (χ4v) is 5.91. The highest BCUT2D eigenvalue weighted by molar-refractivity contribution is 5.81. The molecule has 0 amide bonds. The van der Waals surface area contributed by atoms with E-state index in [2.05, 4.69) is 27.4 Å². The van der Waals surface area contributed by atoms with Crippen molar-refractivity contribution in [1.82, 2.24) is 0 Å². The van der Waals surface area contributed by atoms with E-state index in [-0.39, 0.29) is 11.6 Å². The molecule has 0 N–H and O–H groups in total. The van der Waals surface area contributed by atoms with Gasteiger partial charge in [0.2, 0.25) is 0 Å². The van der Waals surface area contributed by atoms with Crippen LogP contribution in [0.1, 0.15) is 72.1 Å². The van der Waals surface area contributed by atoms with Crippen LogP contribution in [-0.4, -0.2) is 11.6 Å². The molecule has 0 radical (unpaired) electrons. The van der Waals surface area contributed by atoms with Crippen molar-refractivity contribution in [2.45, 2.75) is 77.7 Å². The molecule has 3 rings (SSSR count). The molecule has 0 aromatic carbocycles. The summed E-state index contributed by atoms with van der Waals surface area (Å²) in [4.78, 5) is 12.0. The van der Waals surface area contributed by atoms with E-state index in [1.807, 2.05) is 0 Å². The van der Waals surface area contributed by atoms with Gasteiger partial charge in [-0.05, 0) is 61.7 Å². The highest BCUT2D eigenvalue weighted by atomic mass is 16.6. The molecule has 0 heterocycles. The van der Waals surface area contributed by atoms with Crippen LogP contribution < -0.4 is 0 Å². The molecule has 0 aromatic heterocycles. The van der Waals surface area contributed by atoms with Crippen LogP contribution in [0.4, 0.5) is 0 Å². The van der Waals surface area contributed by atoms with Gasteiger partial charge in [-0.25, -0.2) is 4.79 Å². The van der Waals surface area contributed by atoms with Crippen LogP contribution in [0.5, 0.6) is 0 Å². The molecule has 118 valence electrons. The van der Waals surface area contributed by atoms with Gasteiger partial charge < -0.3 is 4.74 Å². The van der Waals surface area contributed by atoms with Gasteiger partial charge in [0, 0.05) is 12.0 Å². The van der Waals surface area contributed by atoms with E-state index >= 15 is 0 Å². The van der Waals surface area contributed by atoms with Crippen molar-refractivity contribution in [1.29, 1.82) is 0 Å². The molecule has 0 saturated heterocycles. The van der Waals surface area contributed by atoms with E-state index in [0.717, 1.165) is 18.8 Å². The number of ether oxygens (including phenoxy) is 1. The van der Waals surface area contributed by atoms with Crippen LogP contribution in [0.2, 0.25) is 0 Å². The average molecular weight is 290 g/mol. The number of carbonyl (C=O) groups is 1. The van der Waals surface area contributed by atoms with Gasteiger partial charge in [0.15, 0.2) is 0 Å². The second-order valence-corrected chi connectivity index (χ2v) is 8.41. The lowest BCUT2D eigenvalue weighted by atomic mass is 9.59. The Hall–Kier alpha value is -0.790. The molecule has 0 aliphatic heterocycles. The smallest absolute Gasteiger partial charge is 0.330 e. The Bertz CT molecular complexity index is 444. The largest absolute Gasteiger partial charge is 0.456 e. The summed E-state index contributed by atoms with van der Waals surface area (Å²) in [5.41, 5.74) is 0.476. The normalized spacial score (nSPS) is 40.0. The van der Waals surface area contributed by atoms with Crippen LogP contribution in [0, 0.1) is 22.7 Å². The third-order valence-corrected chi connectivity index (χ3v) is 7.60. The zero-order chi connectivity index (χ0) is 15.3. The first kappa shape index (κ1) is 15.1. The number of hydrogen-bond acceptors (Lipinski definition) is 2. The summed E-state index contributed by atoms with van der Waals surface area (Å²) in [5, 5.41) is 0. The second kappa shape index (κ2) is 4.86. The third kappa shape index (κ3) is 2.01. The zero-order valence-electron chi connectivity index (χ0n) is 13.9. The van der Waals surface area contributed by atoms with Crippen LogP contribution in [0.3, 0.4) is 0 Å². The van der Waals surface area contributed by atoms with Crippen molar-refractivity contribution in [3.05, 3.63) is 12.7 Å². The van der Waals surface area contributed by atoms with Gasteiger partial charge in [0.05, 0.1) is 0 Å². The van der Waals surface area contributed by atoms with Crippen molar-refractivity contribution < 1.29 is 9.53 Å². The molecule has 3 unspecified atom stereocenters. The Kier molecular flexibility index (Phi) is 3.50. The topological polar surface area (TPSA) is 26.3 Å². The zero-order valence-corrected chi connectivity index (χ0v) is 13.9. The average Bonchev–Trinajstić information content (AvgIpc) is 2.81. The Morgan fingerprint density at radius 3 is 2.29 bits per heavy atom. The predicted molar refractivity (Wildman–Crippen MR) is 84.8 cm³/mol. The van der Waals surface area contributed by atoms with Gasteiger partial charge in [-0.3, -0.25) is 0 Å². The van der Waals surface area contributed by atoms with Crippen molar-refractivity contribution >= 4 is 5.97 Å². The second-order valence-electron chi connectivity index (χ2n) is 8.41. The summed E-state index contributed by atoms with van der Waals surface area (Å²) >= 11 is 0. The monoisotopic (exact) mass is 290 g/mol. The molecule has 3 atom stereocenters. The summed E-state index contributed by atoms with van der Waals surface area (Å²) in [6.45, 7) is 10.9. The van der Waals surface area contributed by atoms with Gasteiger partial charge in [0.1, 0.15) is 5.60 Å². The lowest BCUT2D eigenvalue weighted by Gasteiger charge is -2.50. The molecule has 0 aromatic rings. The van der Waals surface area contributed by atoms with E-state index in [4.69, 9.17) is 4.74 Å². The molecule has 0 spiro atoms. The molecular weight excluding hydrogens is 260 g/mol. The Labute approximate surface area is 129 Å². The first-order valence-electron chi connectivity index (χ1n) is 8.71. The van der Waals surface area contributed by atoms with E-state index in [1.54, 1.807) is 0 Å². The van der Waals surface area contributed by atoms with Crippen molar-refractivity contribution in [3.63, 3.8) is 0 Å². The number of rotatable bonds is 3. The third-order valence-electron chi connectivity index (χ3n) is 7.60. The summed E-state index contributed by atoms with van der Waals surface area (Å²) in [7, 11) is 0. The summed E-state index contributed by atoms with van der Waals surface area (Å²) < 4.78 is 6.07. The highest BCUT2D eigenvalue weighted by Crippen LogP contribution is 2.71. The van der Waals surface area contributed by atoms with Crippen LogP contribution in [0.15, 0.2) is 12.7 Å². The number of carbonyl (C=O) groups excluding carboxylic acids is 1. The van der Waals surface area contributed by atoms with E-state index < -0.39 is 0 Å². The lowest BCUT2D eigenvalue weighted by molar-refractivity contribution is -0.175. The fourth-order valence-electron chi connectivity index (χ4n) is 5.91. The Morgan fingerprint density at radius 1 is 1.14 bits per heavy atom. The SMILES string of the molecule is C=CC(=O)OC1(C2CC3CCC2(C)C3(C)C)CCCCC1. The highest BCUT2D eigenvalue weighted by Gasteiger charge is 2.66. The van der Waals surface area contributed by atoms with Crippen molar-refractivity contribution in [2.75, 3.05) is 0 Å². The molecule has 2 nitrogen and oxygen atoms in total. The Morgan fingerprint density at radius 2 is 1.81 bits per heavy atom.